The second kappa shape index (κ2) is 10.8. The van der Waals surface area contributed by atoms with Gasteiger partial charge in [-0.3, -0.25) is 14.5 Å². The molecule has 4 heterocycles. The predicted molar refractivity (Wildman–Crippen MR) is 129 cm³/mol. The van der Waals surface area contributed by atoms with E-state index in [1.54, 1.807) is 0 Å². The summed E-state index contributed by atoms with van der Waals surface area (Å²) >= 11 is 2.19. The Kier molecular flexibility index (Phi) is 7.51. The Morgan fingerprint density at radius 2 is 2.31 bits per heavy atom. The topological polar surface area (TPSA) is 167 Å². The lowest BCUT2D eigenvalue weighted by Gasteiger charge is -2.50. The van der Waals surface area contributed by atoms with Crippen molar-refractivity contribution in [1.29, 1.82) is 0 Å². The predicted octanol–water partition coefficient (Wildman–Crippen LogP) is -1.57. The number of hydrogen-bond donors (Lipinski definition) is 2. The molecule has 2 atom stereocenters. The van der Waals surface area contributed by atoms with E-state index in [4.69, 9.17) is 17.0 Å². The summed E-state index contributed by atoms with van der Waals surface area (Å²) < 4.78 is 5.82. The first kappa shape index (κ1) is 25.1. The number of thioether (sulfide) groups is 1. The molecule has 2 aromatic heterocycles. The number of aromatic nitrogens is 3. The smallest absolute Gasteiger partial charge is 0.278 e. The van der Waals surface area contributed by atoms with Crippen molar-refractivity contribution < 1.29 is 28.9 Å². The number of carbonyl (C=O) groups is 3. The maximum absolute atomic E-state index is 13.0. The standard InChI is InChI=1S/C22H21N7O5S2/c1-3-8-34-26-14(17-25-22(23)36-27-17)18(30)24-15-19(31)29-16(21(32)33)13(11-35-20(15)29)10-28-7-5-6-12(4-2)9-28/h1,5-7,9,15,20H,4,8,10-11H2,2H3,(H3-,23,24,25,27,30,32,33)/t15?,20-/m1/s1. The highest BCUT2D eigenvalue weighted by molar-refractivity contribution is 8.00. The first-order chi connectivity index (χ1) is 17.3. The highest BCUT2D eigenvalue weighted by Crippen LogP contribution is 2.40. The fourth-order valence-electron chi connectivity index (χ4n) is 3.76. The van der Waals surface area contributed by atoms with E-state index in [0.29, 0.717) is 11.3 Å². The second-order valence-electron chi connectivity index (χ2n) is 7.71. The molecular formula is C22H21N7O5S2. The molecule has 36 heavy (non-hydrogen) atoms. The van der Waals surface area contributed by atoms with Gasteiger partial charge >= 0.3 is 0 Å². The molecule has 0 spiro atoms. The summed E-state index contributed by atoms with van der Waals surface area (Å²) in [4.78, 5) is 47.9. The molecule has 1 unspecified atom stereocenters. The molecular weight excluding hydrogens is 506 g/mol. The molecule has 0 aliphatic carbocycles. The second-order valence-corrected chi connectivity index (χ2v) is 9.60. The number of β-lactam (4-membered cyclic amide) rings is 1. The van der Waals surface area contributed by atoms with Gasteiger partial charge in [0.05, 0.1) is 11.7 Å². The SMILES string of the molecule is C#CCON=C(C(=O)NC1C(=O)N2C(C(=O)[O-])=C(C[n+]3cccc(CC)c3)CS[C@H]12)c1nsc(N)n1. The fraction of sp³-hybridized carbons (Fsp3) is 0.318. The summed E-state index contributed by atoms with van der Waals surface area (Å²) in [6.07, 6.45) is 9.74. The summed E-state index contributed by atoms with van der Waals surface area (Å²) in [6, 6.07) is 2.87. The number of terminal acetylenes is 1. The number of aryl methyl sites for hydroxylation is 1. The van der Waals surface area contributed by atoms with Crippen LogP contribution in [0, 0.1) is 12.3 Å². The number of fused-ring (bicyclic) bond motifs is 1. The van der Waals surface area contributed by atoms with Crippen LogP contribution < -0.4 is 20.7 Å². The lowest BCUT2D eigenvalue weighted by atomic mass is 10.0. The minimum Gasteiger partial charge on any atom is -0.543 e. The van der Waals surface area contributed by atoms with E-state index >= 15 is 0 Å². The number of hydrogen-bond acceptors (Lipinski definition) is 11. The monoisotopic (exact) mass is 527 g/mol. The van der Waals surface area contributed by atoms with E-state index in [1.165, 1.54) is 11.8 Å². The van der Waals surface area contributed by atoms with Crippen LogP contribution in [0.2, 0.25) is 0 Å². The number of aliphatic carboxylic acids is 1. The number of pyridine rings is 1. The van der Waals surface area contributed by atoms with Gasteiger partial charge in [0, 0.05) is 34.5 Å². The van der Waals surface area contributed by atoms with Gasteiger partial charge in [0.25, 0.3) is 11.8 Å². The van der Waals surface area contributed by atoms with E-state index in [2.05, 4.69) is 25.8 Å². The summed E-state index contributed by atoms with van der Waals surface area (Å²) in [5, 5.41) is 17.8. The Hall–Kier alpha value is -3.96. The van der Waals surface area contributed by atoms with Gasteiger partial charge in [0.2, 0.25) is 11.5 Å². The third-order valence-electron chi connectivity index (χ3n) is 5.40. The number of rotatable bonds is 9. The van der Waals surface area contributed by atoms with E-state index in [1.807, 2.05) is 36.0 Å². The molecule has 186 valence electrons. The van der Waals surface area contributed by atoms with Crippen LogP contribution >= 0.6 is 23.3 Å². The van der Waals surface area contributed by atoms with Gasteiger partial charge in [-0.25, -0.2) is 4.57 Å². The van der Waals surface area contributed by atoms with Crippen LogP contribution in [0.5, 0.6) is 0 Å². The van der Waals surface area contributed by atoms with Crippen LogP contribution in [-0.4, -0.2) is 61.5 Å². The first-order valence-corrected chi connectivity index (χ1v) is 12.6. The van der Waals surface area contributed by atoms with E-state index in [-0.39, 0.29) is 35.5 Å². The van der Waals surface area contributed by atoms with Crippen molar-refractivity contribution in [1.82, 2.24) is 19.6 Å². The Bertz CT molecular complexity index is 1320. The van der Waals surface area contributed by atoms with E-state index in [9.17, 15) is 19.5 Å². The fourth-order valence-corrected chi connectivity index (χ4v) is 5.53. The van der Waals surface area contributed by atoms with Crippen LogP contribution in [0.3, 0.4) is 0 Å². The Morgan fingerprint density at radius 1 is 1.50 bits per heavy atom. The lowest BCUT2D eigenvalue weighted by molar-refractivity contribution is -0.689. The van der Waals surface area contributed by atoms with Crippen molar-refractivity contribution in [2.75, 3.05) is 18.1 Å². The van der Waals surface area contributed by atoms with E-state index in [0.717, 1.165) is 28.4 Å². The molecule has 1 saturated heterocycles. The van der Waals surface area contributed by atoms with Crippen molar-refractivity contribution in [2.45, 2.75) is 31.3 Å². The lowest BCUT2D eigenvalue weighted by Crippen LogP contribution is -2.71. The number of nitrogens with one attached hydrogen (secondary N) is 1. The van der Waals surface area contributed by atoms with Crippen molar-refractivity contribution in [3.8, 4) is 12.3 Å². The molecule has 3 N–H and O–H groups in total. The number of carboxylic acid groups (broad SMARTS) is 1. The van der Waals surface area contributed by atoms with Gasteiger partial charge in [0.15, 0.2) is 30.7 Å². The number of nitrogens with zero attached hydrogens (tertiary/aromatic N) is 5. The summed E-state index contributed by atoms with van der Waals surface area (Å²) in [6.45, 7) is 2.11. The summed E-state index contributed by atoms with van der Waals surface area (Å²) in [7, 11) is 0. The van der Waals surface area contributed by atoms with Crippen LogP contribution in [0.15, 0.2) is 41.0 Å². The Morgan fingerprint density at radius 3 is 2.97 bits per heavy atom. The van der Waals surface area contributed by atoms with Crippen molar-refractivity contribution in [3.05, 3.63) is 47.2 Å². The number of amides is 2. The Labute approximate surface area is 214 Å². The molecule has 14 heteroatoms. The molecule has 0 saturated carbocycles. The van der Waals surface area contributed by atoms with Gasteiger partial charge < -0.3 is 25.8 Å². The number of oxime groups is 1. The average molecular weight is 528 g/mol. The third-order valence-corrected chi connectivity index (χ3v) is 7.28. The van der Waals surface area contributed by atoms with Gasteiger partial charge in [-0.2, -0.15) is 9.36 Å². The Balaban J connectivity index is 1.53. The molecule has 2 amide bonds. The van der Waals surface area contributed by atoms with Gasteiger partial charge in [0.1, 0.15) is 11.4 Å². The molecule has 1 fully saturated rings. The van der Waals surface area contributed by atoms with Crippen LogP contribution in [0.4, 0.5) is 5.13 Å². The van der Waals surface area contributed by atoms with Gasteiger partial charge in [-0.05, 0) is 12.5 Å². The van der Waals surface area contributed by atoms with Crippen molar-refractivity contribution >= 4 is 51.9 Å². The molecule has 0 aromatic carbocycles. The zero-order chi connectivity index (χ0) is 25.8. The van der Waals surface area contributed by atoms with Crippen molar-refractivity contribution in [3.63, 3.8) is 0 Å². The first-order valence-electron chi connectivity index (χ1n) is 10.7. The molecule has 2 aliphatic rings. The highest BCUT2D eigenvalue weighted by atomic mass is 32.2. The maximum Gasteiger partial charge on any atom is 0.278 e. The zero-order valence-corrected chi connectivity index (χ0v) is 20.7. The molecule has 2 aromatic rings. The maximum atomic E-state index is 13.0. The minimum absolute atomic E-state index is 0.0871. The summed E-state index contributed by atoms with van der Waals surface area (Å²) in [5.74, 6) is -0.364. The normalized spacial score (nSPS) is 19.3. The molecule has 0 bridgehead atoms. The number of carboxylic acids is 1. The molecule has 12 nitrogen and oxygen atoms in total. The molecule has 2 aliphatic heterocycles. The number of carbonyl (C=O) groups excluding carboxylic acids is 3. The quantitative estimate of drug-likeness (QED) is 0.0978. The minimum atomic E-state index is -1.45. The number of nitrogens with two attached hydrogens (primary N) is 1. The highest BCUT2D eigenvalue weighted by Gasteiger charge is 2.53. The molecule has 0 radical (unpaired) electrons. The van der Waals surface area contributed by atoms with Crippen LogP contribution in [0.25, 0.3) is 0 Å². The van der Waals surface area contributed by atoms with E-state index < -0.39 is 29.2 Å². The molecule has 4 rings (SSSR count). The summed E-state index contributed by atoms with van der Waals surface area (Å²) in [5.41, 5.74) is 6.75. The zero-order valence-electron chi connectivity index (χ0n) is 19.0. The van der Waals surface area contributed by atoms with Gasteiger partial charge in [-0.15, -0.1) is 18.2 Å². The average Bonchev–Trinajstić information content (AvgIpc) is 3.30. The number of nitrogen functional groups attached to an aromatic ring is 1. The number of anilines is 1. The largest absolute Gasteiger partial charge is 0.543 e. The van der Waals surface area contributed by atoms with Crippen molar-refractivity contribution in [2.24, 2.45) is 5.16 Å². The van der Waals surface area contributed by atoms with Crippen LogP contribution in [0.1, 0.15) is 18.3 Å². The third kappa shape index (κ3) is 5.02. The van der Waals surface area contributed by atoms with Gasteiger partial charge in [-0.1, -0.05) is 18.0 Å². The van der Waals surface area contributed by atoms with Crippen LogP contribution in [-0.2, 0) is 32.2 Å².